The Balaban J connectivity index is 1.49. The molecule has 4 aromatic rings. The Labute approximate surface area is 198 Å². The Morgan fingerprint density at radius 1 is 0.971 bits per heavy atom. The Morgan fingerprint density at radius 2 is 1.69 bits per heavy atom. The van der Waals surface area contributed by atoms with Crippen LogP contribution in [-0.4, -0.2) is 26.9 Å². The van der Waals surface area contributed by atoms with E-state index in [-0.39, 0.29) is 29.8 Å². The predicted octanol–water partition coefficient (Wildman–Crippen LogP) is 3.82. The lowest BCUT2D eigenvalue weighted by Crippen LogP contribution is -2.47. The first-order chi connectivity index (χ1) is 16.9. The van der Waals surface area contributed by atoms with Crippen LogP contribution in [0.1, 0.15) is 41.1 Å². The number of hydrogen-bond donors (Lipinski definition) is 1. The predicted molar refractivity (Wildman–Crippen MR) is 126 cm³/mol. The fourth-order valence-corrected chi connectivity index (χ4v) is 5.64. The number of benzene rings is 3. The minimum Gasteiger partial charge on any atom is -0.333 e. The van der Waals surface area contributed by atoms with Gasteiger partial charge in [-0.15, -0.1) is 0 Å². The third kappa shape index (κ3) is 3.31. The third-order valence-corrected chi connectivity index (χ3v) is 7.24. The van der Waals surface area contributed by atoms with Gasteiger partial charge in [-0.3, -0.25) is 9.59 Å². The largest absolute Gasteiger partial charge is 0.333 e. The van der Waals surface area contributed by atoms with Crippen molar-refractivity contribution in [2.45, 2.75) is 30.8 Å². The van der Waals surface area contributed by atoms with Gasteiger partial charge in [0.2, 0.25) is 5.91 Å². The molecule has 1 fully saturated rings. The fraction of sp³-hybridized carbons (Fsp3) is 0.222. The highest BCUT2D eigenvalue weighted by Gasteiger charge is 2.46. The molecule has 1 N–H and O–H groups in total. The molecule has 1 aliphatic heterocycles. The molecule has 2 heterocycles. The maximum atomic E-state index is 14.6. The normalized spacial score (nSPS) is 19.2. The Bertz CT molecular complexity index is 1600. The van der Waals surface area contributed by atoms with Gasteiger partial charge in [-0.2, -0.15) is 0 Å². The molecule has 1 aliphatic carbocycles. The van der Waals surface area contributed by atoms with Gasteiger partial charge in [0.1, 0.15) is 11.4 Å². The Kier molecular flexibility index (Phi) is 4.91. The molecule has 0 spiro atoms. The number of H-pyrrole nitrogens is 1. The summed E-state index contributed by atoms with van der Waals surface area (Å²) in [6.07, 6.45) is 0.840. The van der Waals surface area contributed by atoms with Crippen molar-refractivity contribution >= 4 is 16.8 Å². The summed E-state index contributed by atoms with van der Waals surface area (Å²) >= 11 is 0. The van der Waals surface area contributed by atoms with Gasteiger partial charge in [-0.25, -0.2) is 18.1 Å². The van der Waals surface area contributed by atoms with E-state index in [9.17, 15) is 23.2 Å². The molecule has 0 unspecified atom stereocenters. The first-order valence-corrected chi connectivity index (χ1v) is 11.5. The lowest BCUT2D eigenvalue weighted by Gasteiger charge is -2.32. The number of fused-ring (bicyclic) bond motifs is 6. The molecule has 1 saturated heterocycles. The summed E-state index contributed by atoms with van der Waals surface area (Å²) in [5, 5.41) is -0.580. The van der Waals surface area contributed by atoms with E-state index in [2.05, 4.69) is 11.1 Å². The smallest absolute Gasteiger partial charge is 0.329 e. The van der Waals surface area contributed by atoms with Crippen LogP contribution < -0.4 is 11.2 Å². The van der Waals surface area contributed by atoms with Crippen LogP contribution in [0, 0.1) is 11.6 Å². The Hall–Kier alpha value is -4.07. The number of amides is 1. The van der Waals surface area contributed by atoms with Crippen LogP contribution in [-0.2, 0) is 11.2 Å². The van der Waals surface area contributed by atoms with Crippen LogP contribution >= 0.6 is 0 Å². The maximum absolute atomic E-state index is 14.6. The SMILES string of the molecule is O=C([C@@H](Cc1ccccc1)n1c(=O)[nH]c2ccc(F)c(F)c2c1=O)N1C[C@@H]2C[C@H]1c1ccccc12. The topological polar surface area (TPSA) is 75.2 Å². The standard InChI is InChI=1S/C27H21F2N3O3/c28-19-10-11-20-23(24(19)29)26(34)32(27(35)30-20)22(12-15-6-2-1-3-7-15)25(33)31-14-16-13-21(31)18-9-5-4-8-17(16)18/h1-11,16,21-22H,12-14H2,(H,30,35)/t16-,21-,22+/m0/s1. The molecule has 2 aliphatic rings. The van der Waals surface area contributed by atoms with Crippen molar-refractivity contribution in [3.05, 3.63) is 116 Å². The van der Waals surface area contributed by atoms with E-state index in [0.717, 1.165) is 34.2 Å². The molecule has 0 saturated carbocycles. The van der Waals surface area contributed by atoms with Crippen molar-refractivity contribution in [2.24, 2.45) is 0 Å². The fourth-order valence-electron chi connectivity index (χ4n) is 5.64. The first kappa shape index (κ1) is 21.5. The molecule has 176 valence electrons. The van der Waals surface area contributed by atoms with Crippen molar-refractivity contribution in [3.8, 4) is 0 Å². The maximum Gasteiger partial charge on any atom is 0.329 e. The average Bonchev–Trinajstić information content (AvgIpc) is 3.46. The summed E-state index contributed by atoms with van der Waals surface area (Å²) in [5.41, 5.74) is 1.05. The van der Waals surface area contributed by atoms with Crippen molar-refractivity contribution in [1.82, 2.24) is 14.5 Å². The highest BCUT2D eigenvalue weighted by molar-refractivity contribution is 5.83. The van der Waals surface area contributed by atoms with Crippen LogP contribution in [0.25, 0.3) is 10.9 Å². The monoisotopic (exact) mass is 473 g/mol. The highest BCUT2D eigenvalue weighted by atomic mass is 19.2. The molecular formula is C27H21F2N3O3. The van der Waals surface area contributed by atoms with E-state index in [1.807, 2.05) is 24.3 Å². The van der Waals surface area contributed by atoms with E-state index in [1.165, 1.54) is 5.56 Å². The zero-order valence-corrected chi connectivity index (χ0v) is 18.6. The second-order valence-electron chi connectivity index (χ2n) is 9.16. The molecule has 8 heteroatoms. The third-order valence-electron chi connectivity index (χ3n) is 7.24. The van der Waals surface area contributed by atoms with Crippen molar-refractivity contribution in [3.63, 3.8) is 0 Å². The molecule has 2 bridgehead atoms. The van der Waals surface area contributed by atoms with Crippen LogP contribution in [0.4, 0.5) is 8.78 Å². The number of hydrogen-bond acceptors (Lipinski definition) is 3. The van der Waals surface area contributed by atoms with Crippen molar-refractivity contribution in [1.29, 1.82) is 0 Å². The average molecular weight is 473 g/mol. The van der Waals surface area contributed by atoms with E-state index < -0.39 is 34.3 Å². The first-order valence-electron chi connectivity index (χ1n) is 11.5. The number of nitrogens with one attached hydrogen (secondary N) is 1. The molecule has 6 rings (SSSR count). The molecule has 1 aromatic heterocycles. The molecular weight excluding hydrogens is 452 g/mol. The van der Waals surface area contributed by atoms with E-state index >= 15 is 0 Å². The van der Waals surface area contributed by atoms with Gasteiger partial charge >= 0.3 is 5.69 Å². The van der Waals surface area contributed by atoms with Crippen molar-refractivity contribution in [2.75, 3.05) is 6.54 Å². The minimum absolute atomic E-state index is 0.0562. The number of aromatic amines is 1. The second-order valence-corrected chi connectivity index (χ2v) is 9.16. The quantitative estimate of drug-likeness (QED) is 0.490. The zero-order chi connectivity index (χ0) is 24.3. The summed E-state index contributed by atoms with van der Waals surface area (Å²) in [6.45, 7) is 0.481. The van der Waals surface area contributed by atoms with Gasteiger partial charge in [-0.05, 0) is 35.2 Å². The van der Waals surface area contributed by atoms with Crippen molar-refractivity contribution < 1.29 is 13.6 Å². The number of carbonyl (C=O) groups excluding carboxylic acids is 1. The number of halogens is 2. The van der Waals surface area contributed by atoms with E-state index in [1.54, 1.807) is 29.2 Å². The minimum atomic E-state index is -1.35. The van der Waals surface area contributed by atoms with Crippen LogP contribution in [0.5, 0.6) is 0 Å². The molecule has 3 atom stereocenters. The lowest BCUT2D eigenvalue weighted by atomic mass is 9.98. The molecule has 3 aromatic carbocycles. The van der Waals surface area contributed by atoms with E-state index in [0.29, 0.717) is 6.54 Å². The highest BCUT2D eigenvalue weighted by Crippen LogP contribution is 2.50. The molecule has 0 radical (unpaired) electrons. The Morgan fingerprint density at radius 3 is 2.46 bits per heavy atom. The van der Waals surface area contributed by atoms with Gasteiger partial charge < -0.3 is 9.88 Å². The van der Waals surface area contributed by atoms with Crippen LogP contribution in [0.3, 0.4) is 0 Å². The number of carbonyl (C=O) groups is 1. The van der Waals surface area contributed by atoms with E-state index in [4.69, 9.17) is 0 Å². The second kappa shape index (κ2) is 8.01. The number of aromatic nitrogens is 2. The van der Waals surface area contributed by atoms with Gasteiger partial charge in [0.25, 0.3) is 5.56 Å². The van der Waals surface area contributed by atoms with Gasteiger partial charge in [0, 0.05) is 18.9 Å². The van der Waals surface area contributed by atoms with Gasteiger partial charge in [0.05, 0.1) is 11.6 Å². The number of likely N-dealkylation sites (tertiary alicyclic amines) is 1. The summed E-state index contributed by atoms with van der Waals surface area (Å²) in [5.74, 6) is -2.75. The zero-order valence-electron chi connectivity index (χ0n) is 18.6. The molecule has 6 nitrogen and oxygen atoms in total. The lowest BCUT2D eigenvalue weighted by molar-refractivity contribution is -0.136. The summed E-state index contributed by atoms with van der Waals surface area (Å²) < 4.78 is 29.4. The number of rotatable bonds is 4. The molecule has 1 amide bonds. The molecule has 35 heavy (non-hydrogen) atoms. The van der Waals surface area contributed by atoms with Crippen LogP contribution in [0.2, 0.25) is 0 Å². The van der Waals surface area contributed by atoms with Crippen LogP contribution in [0.15, 0.2) is 76.3 Å². The van der Waals surface area contributed by atoms with Gasteiger partial charge in [0.15, 0.2) is 11.6 Å². The summed E-state index contributed by atoms with van der Waals surface area (Å²) in [4.78, 5) is 44.6. The summed E-state index contributed by atoms with van der Waals surface area (Å²) in [7, 11) is 0. The summed E-state index contributed by atoms with van der Waals surface area (Å²) in [6, 6.07) is 17.6. The van der Waals surface area contributed by atoms with Gasteiger partial charge in [-0.1, -0.05) is 54.6 Å². The number of nitrogens with zero attached hydrogens (tertiary/aromatic N) is 2.